The molecule has 5 rings (SSSR count). The Balaban J connectivity index is 1.27. The number of nitrogens with zero attached hydrogens (tertiary/aromatic N) is 4. The van der Waals surface area contributed by atoms with Gasteiger partial charge >= 0.3 is 0 Å². The van der Waals surface area contributed by atoms with Crippen LogP contribution in [0.1, 0.15) is 31.2 Å². The highest BCUT2D eigenvalue weighted by Gasteiger charge is 2.55. The molecule has 2 amide bonds. The Hall–Kier alpha value is -4.19. The number of ketones is 1. The number of piperidine rings is 1. The number of benzene rings is 1. The van der Waals surface area contributed by atoms with E-state index in [-0.39, 0.29) is 36.7 Å². The minimum atomic E-state index is -0.588. The monoisotopic (exact) mass is 591 g/mol. The van der Waals surface area contributed by atoms with Crippen LogP contribution in [0.2, 0.25) is 0 Å². The molecule has 3 atom stereocenters. The average molecular weight is 592 g/mol. The first-order chi connectivity index (χ1) is 18.8. The van der Waals surface area contributed by atoms with Crippen LogP contribution in [0.4, 0.5) is 11.5 Å². The molecular formula is C27H26BrN7O4. The summed E-state index contributed by atoms with van der Waals surface area (Å²) in [5, 5.41) is 14.2. The molecule has 2 aromatic heterocycles. The van der Waals surface area contributed by atoms with Crippen molar-refractivity contribution in [1.82, 2.24) is 19.9 Å². The summed E-state index contributed by atoms with van der Waals surface area (Å²) < 4.78 is 6.35. The van der Waals surface area contributed by atoms with Crippen LogP contribution in [-0.4, -0.2) is 61.8 Å². The van der Waals surface area contributed by atoms with Gasteiger partial charge in [-0.2, -0.15) is 0 Å². The summed E-state index contributed by atoms with van der Waals surface area (Å²) >= 11 is 3.29. The lowest BCUT2D eigenvalue weighted by Gasteiger charge is -2.27. The van der Waals surface area contributed by atoms with Crippen LogP contribution in [-0.2, 0) is 21.0 Å². The van der Waals surface area contributed by atoms with Crippen molar-refractivity contribution in [3.63, 3.8) is 0 Å². The number of carbonyl (C=O) groups is 3. The van der Waals surface area contributed by atoms with Crippen LogP contribution in [0.15, 0.2) is 59.5 Å². The smallest absolute Gasteiger partial charge is 0.248 e. The number of aromatic nitrogens is 3. The number of Topliss-reactive ketones (excluding diaryl/α,β-unsaturated/α-hetero) is 1. The lowest BCUT2D eigenvalue weighted by atomic mass is 10.0. The first kappa shape index (κ1) is 26.4. The number of amides is 2. The van der Waals surface area contributed by atoms with E-state index in [1.165, 1.54) is 6.92 Å². The van der Waals surface area contributed by atoms with Crippen molar-refractivity contribution in [3.8, 4) is 5.75 Å². The Labute approximate surface area is 233 Å². The second kappa shape index (κ2) is 11.3. The van der Waals surface area contributed by atoms with E-state index in [2.05, 4.69) is 41.5 Å². The molecule has 1 aliphatic heterocycles. The van der Waals surface area contributed by atoms with Gasteiger partial charge in [-0.25, -0.2) is 15.0 Å². The van der Waals surface area contributed by atoms with Crippen molar-refractivity contribution in [2.45, 2.75) is 38.5 Å². The van der Waals surface area contributed by atoms with Gasteiger partial charge in [0, 0.05) is 36.6 Å². The molecule has 11 nitrogen and oxygen atoms in total. The Morgan fingerprint density at radius 2 is 1.92 bits per heavy atom. The zero-order valence-corrected chi connectivity index (χ0v) is 22.6. The third-order valence-corrected chi connectivity index (χ3v) is 7.13. The molecule has 12 heteroatoms. The molecule has 1 aliphatic carbocycles. The maximum Gasteiger partial charge on any atom is 0.248 e. The van der Waals surface area contributed by atoms with Crippen molar-refractivity contribution >= 4 is 50.7 Å². The standard InChI is InChI=1S/C27H26BrN7O4/c1-15(36)26(29)18-12-17(39-14-24-30-8-3-9-31-24)6-7-19(18)32-13-25(37)35-20-10-16(20)11-21(35)27(38)34-23-5-2-4-22(28)33-23/h2-9,12,16,20-21,29,32H,10-11,13-14H2,1H3,(H,33,34,38)/t16-,20-,21+/m1/s1. The highest BCUT2D eigenvalue weighted by atomic mass is 79.9. The second-order valence-corrected chi connectivity index (χ2v) is 10.2. The van der Waals surface area contributed by atoms with Gasteiger partial charge < -0.3 is 20.3 Å². The molecule has 0 unspecified atom stereocenters. The zero-order valence-electron chi connectivity index (χ0n) is 21.1. The van der Waals surface area contributed by atoms with Crippen LogP contribution in [0.5, 0.6) is 5.75 Å². The first-order valence-electron chi connectivity index (χ1n) is 12.4. The fourth-order valence-corrected chi connectivity index (χ4v) is 5.06. The topological polar surface area (TPSA) is 150 Å². The highest BCUT2D eigenvalue weighted by molar-refractivity contribution is 9.10. The third kappa shape index (κ3) is 6.11. The summed E-state index contributed by atoms with van der Waals surface area (Å²) in [7, 11) is 0. The lowest BCUT2D eigenvalue weighted by Crippen LogP contribution is -2.47. The lowest BCUT2D eigenvalue weighted by molar-refractivity contribution is -0.136. The normalized spacial score (nSPS) is 19.1. The number of pyridine rings is 1. The number of nitrogens with one attached hydrogen (secondary N) is 3. The van der Waals surface area contributed by atoms with Gasteiger partial charge in [0.15, 0.2) is 11.6 Å². The number of anilines is 2. The van der Waals surface area contributed by atoms with Gasteiger partial charge in [-0.3, -0.25) is 19.8 Å². The zero-order chi connectivity index (χ0) is 27.5. The molecule has 3 N–H and O–H groups in total. The number of likely N-dealkylation sites (tertiary alicyclic amines) is 1. The number of hydrogen-bond acceptors (Lipinski definition) is 9. The quantitative estimate of drug-likeness (QED) is 0.240. The van der Waals surface area contributed by atoms with Crippen LogP contribution < -0.4 is 15.4 Å². The molecule has 0 spiro atoms. The van der Waals surface area contributed by atoms with E-state index in [1.807, 2.05) is 0 Å². The number of ether oxygens (including phenoxy) is 1. The summed E-state index contributed by atoms with van der Waals surface area (Å²) in [6.07, 6.45) is 4.71. The largest absolute Gasteiger partial charge is 0.486 e. The number of rotatable bonds is 10. The van der Waals surface area contributed by atoms with Crippen LogP contribution in [0.25, 0.3) is 0 Å². The van der Waals surface area contributed by atoms with Crippen LogP contribution in [0.3, 0.4) is 0 Å². The molecular weight excluding hydrogens is 566 g/mol. The summed E-state index contributed by atoms with van der Waals surface area (Å²) in [6, 6.07) is 11.3. The van der Waals surface area contributed by atoms with E-state index in [9.17, 15) is 14.4 Å². The van der Waals surface area contributed by atoms with Crippen molar-refractivity contribution in [3.05, 3.63) is 70.8 Å². The molecule has 3 aromatic rings. The van der Waals surface area contributed by atoms with Gasteiger partial charge in [0.05, 0.1) is 6.54 Å². The van der Waals surface area contributed by atoms with Gasteiger partial charge in [0.25, 0.3) is 0 Å². The van der Waals surface area contributed by atoms with E-state index in [0.29, 0.717) is 45.6 Å². The summed E-state index contributed by atoms with van der Waals surface area (Å²) in [5.41, 5.74) is 0.536. The molecule has 1 saturated carbocycles. The number of carbonyl (C=O) groups excluding carboxylic acids is 3. The van der Waals surface area contributed by atoms with E-state index < -0.39 is 11.8 Å². The predicted molar refractivity (Wildman–Crippen MR) is 147 cm³/mol. The van der Waals surface area contributed by atoms with Gasteiger partial charge in [-0.15, -0.1) is 0 Å². The minimum absolute atomic E-state index is 0.0384. The molecule has 2 aliphatic rings. The Bertz CT molecular complexity index is 1430. The molecule has 39 heavy (non-hydrogen) atoms. The summed E-state index contributed by atoms with van der Waals surface area (Å²) in [6.45, 7) is 1.33. The van der Waals surface area contributed by atoms with Crippen LogP contribution in [0, 0.1) is 11.3 Å². The first-order valence-corrected chi connectivity index (χ1v) is 13.2. The fourth-order valence-electron chi connectivity index (χ4n) is 4.71. The summed E-state index contributed by atoms with van der Waals surface area (Å²) in [4.78, 5) is 52.5. The van der Waals surface area contributed by atoms with Crippen LogP contribution >= 0.6 is 15.9 Å². The maximum atomic E-state index is 13.3. The Kier molecular flexibility index (Phi) is 7.64. The van der Waals surface area contributed by atoms with Crippen molar-refractivity contribution in [1.29, 1.82) is 5.41 Å². The van der Waals surface area contributed by atoms with E-state index >= 15 is 0 Å². The number of hydrogen-bond donors (Lipinski definition) is 3. The van der Waals surface area contributed by atoms with Crippen molar-refractivity contribution < 1.29 is 19.1 Å². The van der Waals surface area contributed by atoms with Crippen molar-refractivity contribution in [2.24, 2.45) is 5.92 Å². The highest BCUT2D eigenvalue weighted by Crippen LogP contribution is 2.48. The predicted octanol–water partition coefficient (Wildman–Crippen LogP) is 3.21. The third-order valence-electron chi connectivity index (χ3n) is 6.69. The molecule has 3 heterocycles. The molecule has 200 valence electrons. The molecule has 2 fully saturated rings. The van der Waals surface area contributed by atoms with Gasteiger partial charge in [-0.1, -0.05) is 6.07 Å². The second-order valence-electron chi connectivity index (χ2n) is 9.40. The molecule has 1 saturated heterocycles. The molecule has 1 aromatic carbocycles. The molecule has 0 bridgehead atoms. The number of halogens is 1. The SMILES string of the molecule is CC(=O)C(=N)c1cc(OCc2ncccn2)ccc1NCC(=O)N1[C@@H]2C[C@@H]2C[C@H]1C(=O)Nc1cccc(Br)n1. The Morgan fingerprint density at radius 1 is 1.13 bits per heavy atom. The van der Waals surface area contributed by atoms with E-state index in [4.69, 9.17) is 10.1 Å². The van der Waals surface area contributed by atoms with E-state index in [0.717, 1.165) is 6.42 Å². The van der Waals surface area contributed by atoms with Crippen molar-refractivity contribution in [2.75, 3.05) is 17.2 Å². The summed E-state index contributed by atoms with van der Waals surface area (Å²) in [5.74, 6) is 0.713. The molecule has 0 radical (unpaired) electrons. The maximum absolute atomic E-state index is 13.3. The van der Waals surface area contributed by atoms with E-state index in [1.54, 1.807) is 59.8 Å². The van der Waals surface area contributed by atoms with Gasteiger partial charge in [0.2, 0.25) is 11.8 Å². The number of fused-ring (bicyclic) bond motifs is 1. The van der Waals surface area contributed by atoms with Gasteiger partial charge in [0.1, 0.15) is 34.5 Å². The average Bonchev–Trinajstić information content (AvgIpc) is 3.59. The minimum Gasteiger partial charge on any atom is -0.486 e. The fraction of sp³-hybridized carbons (Fsp3) is 0.296. The Morgan fingerprint density at radius 3 is 2.67 bits per heavy atom. The van der Waals surface area contributed by atoms with Gasteiger partial charge in [-0.05, 0) is 71.1 Å².